The van der Waals surface area contributed by atoms with Gasteiger partial charge >= 0.3 is 0 Å². The maximum atomic E-state index is 13.5. The molecule has 3 aromatic heterocycles. The second kappa shape index (κ2) is 9.53. The van der Waals surface area contributed by atoms with Gasteiger partial charge in [0.15, 0.2) is 0 Å². The number of carbonyl (C=O) groups is 1. The summed E-state index contributed by atoms with van der Waals surface area (Å²) in [5, 5.41) is 13.1. The van der Waals surface area contributed by atoms with Crippen LogP contribution < -0.4 is 22.3 Å². The molecule has 190 valence electrons. The summed E-state index contributed by atoms with van der Waals surface area (Å²) in [6.45, 7) is 3.81. The minimum absolute atomic E-state index is 0.0624. The number of thiophene rings is 1. The van der Waals surface area contributed by atoms with E-state index in [1.165, 1.54) is 4.68 Å². The molecule has 0 atom stereocenters. The van der Waals surface area contributed by atoms with E-state index in [-0.39, 0.29) is 33.2 Å². The van der Waals surface area contributed by atoms with E-state index in [2.05, 4.69) is 23.3 Å². The third kappa shape index (κ3) is 3.90. The number of hydrogen-bond acceptors (Lipinski definition) is 7. The number of hydrogen-bond donors (Lipinski definition) is 3. The molecule has 5 rings (SSSR count). The number of aryl methyl sites for hydroxylation is 1. The van der Waals surface area contributed by atoms with E-state index in [0.29, 0.717) is 27.2 Å². The Bertz CT molecular complexity index is 1810. The number of anilines is 3. The molecule has 9 nitrogen and oxygen atoms in total. The number of benzene rings is 2. The number of rotatable bonds is 5. The van der Waals surface area contributed by atoms with Gasteiger partial charge in [-0.25, -0.2) is 9.67 Å². The molecule has 38 heavy (non-hydrogen) atoms. The number of nitrogens with zero attached hydrogens (tertiary/aromatic N) is 4. The Labute approximate surface area is 222 Å². The minimum Gasteiger partial charge on any atom is -0.397 e. The largest absolute Gasteiger partial charge is 0.397 e. The molecule has 5 N–H and O–H groups in total. The highest BCUT2D eigenvalue weighted by molar-refractivity contribution is 7.21. The molecule has 0 aliphatic heterocycles. The fourth-order valence-corrected chi connectivity index (χ4v) is 5.54. The van der Waals surface area contributed by atoms with Gasteiger partial charge in [-0.1, -0.05) is 49.4 Å². The Morgan fingerprint density at radius 2 is 1.82 bits per heavy atom. The first kappa shape index (κ1) is 24.8. The number of para-hydroxylation sites is 1. The number of nitrogens with one attached hydrogen (secondary N) is 1. The van der Waals surface area contributed by atoms with E-state index in [1.54, 1.807) is 18.7 Å². The predicted molar refractivity (Wildman–Crippen MR) is 152 cm³/mol. The number of fused-ring (bicyclic) bond motifs is 1. The quantitative estimate of drug-likeness (QED) is 0.307. The second-order valence-corrected chi connectivity index (χ2v) is 9.82. The fourth-order valence-electron chi connectivity index (χ4n) is 4.53. The van der Waals surface area contributed by atoms with Gasteiger partial charge < -0.3 is 16.8 Å². The SMILES string of the molecule is CCc1ccc(-c2c(C#N)c(N)nc3sc(C(=O)Nc4c(C)n(C)n(-c5ccccc5)c4=O)c(N)c23)cc1. The summed E-state index contributed by atoms with van der Waals surface area (Å²) >= 11 is 1.07. The van der Waals surface area contributed by atoms with Crippen LogP contribution >= 0.6 is 11.3 Å². The van der Waals surface area contributed by atoms with E-state index in [1.807, 2.05) is 54.6 Å². The van der Waals surface area contributed by atoms with Crippen LogP contribution in [0.1, 0.15) is 33.4 Å². The summed E-state index contributed by atoms with van der Waals surface area (Å²) < 4.78 is 3.17. The van der Waals surface area contributed by atoms with E-state index < -0.39 is 5.91 Å². The van der Waals surface area contributed by atoms with Crippen LogP contribution in [0.5, 0.6) is 0 Å². The first-order chi connectivity index (χ1) is 18.3. The molecule has 2 aromatic carbocycles. The molecule has 3 heterocycles. The van der Waals surface area contributed by atoms with Crippen LogP contribution in [0.25, 0.3) is 27.0 Å². The van der Waals surface area contributed by atoms with Crippen LogP contribution in [0.3, 0.4) is 0 Å². The molecule has 0 radical (unpaired) electrons. The molecule has 5 aromatic rings. The van der Waals surface area contributed by atoms with Crippen molar-refractivity contribution in [1.82, 2.24) is 14.3 Å². The van der Waals surface area contributed by atoms with Crippen molar-refractivity contribution in [3.63, 3.8) is 0 Å². The first-order valence-corrected chi connectivity index (χ1v) is 12.7. The van der Waals surface area contributed by atoms with Crippen LogP contribution in [-0.2, 0) is 13.5 Å². The van der Waals surface area contributed by atoms with Gasteiger partial charge in [0.25, 0.3) is 11.5 Å². The highest BCUT2D eigenvalue weighted by atomic mass is 32.1. The summed E-state index contributed by atoms with van der Waals surface area (Å²) in [6.07, 6.45) is 0.870. The van der Waals surface area contributed by atoms with Gasteiger partial charge in [0.1, 0.15) is 32.8 Å². The predicted octanol–water partition coefficient (Wildman–Crippen LogP) is 4.61. The van der Waals surface area contributed by atoms with E-state index >= 15 is 0 Å². The average molecular weight is 524 g/mol. The summed E-state index contributed by atoms with van der Waals surface area (Å²) in [5.41, 5.74) is 16.5. The van der Waals surface area contributed by atoms with Crippen molar-refractivity contribution in [2.24, 2.45) is 7.05 Å². The van der Waals surface area contributed by atoms with E-state index in [4.69, 9.17) is 11.5 Å². The van der Waals surface area contributed by atoms with Crippen LogP contribution in [-0.4, -0.2) is 20.3 Å². The van der Waals surface area contributed by atoms with Crippen molar-refractivity contribution in [3.8, 4) is 22.9 Å². The molecule has 1 amide bonds. The van der Waals surface area contributed by atoms with Gasteiger partial charge in [0, 0.05) is 18.0 Å². The Balaban J connectivity index is 1.63. The third-order valence-electron chi connectivity index (χ3n) is 6.67. The Morgan fingerprint density at radius 3 is 2.45 bits per heavy atom. The van der Waals surface area contributed by atoms with E-state index in [9.17, 15) is 14.9 Å². The van der Waals surface area contributed by atoms with Crippen molar-refractivity contribution in [2.45, 2.75) is 20.3 Å². The molecular weight excluding hydrogens is 498 g/mol. The molecule has 0 fully saturated rings. The second-order valence-electron chi connectivity index (χ2n) is 8.82. The normalized spacial score (nSPS) is 11.0. The Hall–Kier alpha value is -4.88. The summed E-state index contributed by atoms with van der Waals surface area (Å²) in [7, 11) is 1.75. The summed E-state index contributed by atoms with van der Waals surface area (Å²) in [6, 6.07) is 19.1. The first-order valence-electron chi connectivity index (χ1n) is 11.9. The molecule has 0 spiro atoms. The molecule has 0 unspecified atom stereocenters. The third-order valence-corrected chi connectivity index (χ3v) is 7.76. The molecular formula is C28H25N7O2S. The van der Waals surface area contributed by atoms with Gasteiger partial charge in [-0.15, -0.1) is 11.3 Å². The zero-order valence-electron chi connectivity index (χ0n) is 21.1. The van der Waals surface area contributed by atoms with Crippen LogP contribution in [0.15, 0.2) is 59.4 Å². The smallest absolute Gasteiger partial charge is 0.295 e. The lowest BCUT2D eigenvalue weighted by Crippen LogP contribution is -2.22. The minimum atomic E-state index is -0.541. The molecule has 0 bridgehead atoms. The standard InChI is InChI=1S/C28H25N7O2S/c1-4-16-10-12-17(13-11-16)20-19(14-29)25(31)33-27-21(20)22(30)24(38-27)26(36)32-23-15(2)34(3)35(28(23)37)18-8-6-5-7-9-18/h5-13H,4,30H2,1-3H3,(H2,31,33)(H,32,36). The van der Waals surface area contributed by atoms with E-state index in [0.717, 1.165) is 28.9 Å². The Kier molecular flexibility index (Phi) is 6.22. The summed E-state index contributed by atoms with van der Waals surface area (Å²) in [4.78, 5) is 31.8. The summed E-state index contributed by atoms with van der Waals surface area (Å²) in [5.74, 6) is -0.478. The van der Waals surface area contributed by atoms with Gasteiger partial charge in [-0.3, -0.25) is 14.3 Å². The number of pyridine rings is 1. The fraction of sp³-hybridized carbons (Fsp3) is 0.143. The number of carbonyl (C=O) groups excluding carboxylic acids is 1. The highest BCUT2D eigenvalue weighted by Gasteiger charge is 2.26. The lowest BCUT2D eigenvalue weighted by atomic mass is 9.96. The van der Waals surface area contributed by atoms with Crippen LogP contribution in [0.4, 0.5) is 17.2 Å². The molecule has 10 heteroatoms. The van der Waals surface area contributed by atoms with Gasteiger partial charge in [0.05, 0.1) is 17.1 Å². The van der Waals surface area contributed by atoms with Crippen molar-refractivity contribution >= 4 is 44.7 Å². The van der Waals surface area contributed by atoms with Crippen LogP contribution in [0.2, 0.25) is 0 Å². The number of nitrogens with two attached hydrogens (primary N) is 2. The molecule has 0 saturated carbocycles. The zero-order chi connectivity index (χ0) is 27.1. The number of amides is 1. The maximum absolute atomic E-state index is 13.5. The molecule has 0 saturated heterocycles. The Morgan fingerprint density at radius 1 is 1.13 bits per heavy atom. The van der Waals surface area contributed by atoms with Crippen molar-refractivity contribution in [1.29, 1.82) is 5.26 Å². The monoisotopic (exact) mass is 523 g/mol. The number of aromatic nitrogens is 3. The van der Waals surface area contributed by atoms with Crippen molar-refractivity contribution in [3.05, 3.63) is 86.6 Å². The lowest BCUT2D eigenvalue weighted by molar-refractivity contribution is 0.103. The molecule has 0 aliphatic rings. The number of nitrogen functional groups attached to an aromatic ring is 2. The van der Waals surface area contributed by atoms with Gasteiger partial charge in [-0.2, -0.15) is 5.26 Å². The van der Waals surface area contributed by atoms with Gasteiger partial charge in [0.2, 0.25) is 0 Å². The zero-order valence-corrected chi connectivity index (χ0v) is 21.9. The van der Waals surface area contributed by atoms with Crippen molar-refractivity contribution in [2.75, 3.05) is 16.8 Å². The number of nitriles is 1. The average Bonchev–Trinajstić information content (AvgIpc) is 3.36. The highest BCUT2D eigenvalue weighted by Crippen LogP contribution is 2.42. The maximum Gasteiger partial charge on any atom is 0.295 e. The van der Waals surface area contributed by atoms with Crippen LogP contribution in [0, 0.1) is 18.3 Å². The van der Waals surface area contributed by atoms with Gasteiger partial charge in [-0.05, 0) is 36.6 Å². The topological polar surface area (TPSA) is 145 Å². The van der Waals surface area contributed by atoms with Crippen molar-refractivity contribution < 1.29 is 4.79 Å². The molecule has 0 aliphatic carbocycles. The lowest BCUT2D eigenvalue weighted by Gasteiger charge is -2.10.